The molecule has 1 N–H and O–H groups in total. The van der Waals surface area contributed by atoms with E-state index in [1.807, 2.05) is 0 Å². The lowest BCUT2D eigenvalue weighted by Gasteiger charge is -2.15. The topological polar surface area (TPSA) is 118 Å². The van der Waals surface area contributed by atoms with Crippen LogP contribution in [0.4, 0.5) is 11.4 Å². The summed E-state index contributed by atoms with van der Waals surface area (Å²) in [5.41, 5.74) is -0.377. The van der Waals surface area contributed by atoms with Crippen molar-refractivity contribution in [2.75, 3.05) is 47.0 Å². The Kier molecular flexibility index (Phi) is 7.61. The molecule has 29 heavy (non-hydrogen) atoms. The maximum atomic E-state index is 12.8. The lowest BCUT2D eigenvalue weighted by molar-refractivity contribution is -0.386. The van der Waals surface area contributed by atoms with E-state index < -0.39 is 16.5 Å². The maximum Gasteiger partial charge on any atom is 0.327 e. The average Bonchev–Trinajstić information content (AvgIpc) is 2.72. The highest BCUT2D eigenvalue weighted by atomic mass is 16.6. The quantitative estimate of drug-likeness (QED) is 0.363. The zero-order chi connectivity index (χ0) is 21.4. The Balaban J connectivity index is 2.40. The summed E-state index contributed by atoms with van der Waals surface area (Å²) in [6.07, 6.45) is 0. The molecular formula is C19H22N2O8. The lowest BCUT2D eigenvalue weighted by atomic mass is 10.1. The van der Waals surface area contributed by atoms with E-state index in [4.69, 9.17) is 23.7 Å². The fraction of sp³-hybridized carbons (Fsp3) is 0.316. The van der Waals surface area contributed by atoms with Crippen LogP contribution in [0.1, 0.15) is 10.4 Å². The van der Waals surface area contributed by atoms with E-state index in [9.17, 15) is 14.9 Å². The van der Waals surface area contributed by atoms with E-state index >= 15 is 0 Å². The van der Waals surface area contributed by atoms with Gasteiger partial charge in [0, 0.05) is 24.9 Å². The molecule has 2 rings (SSSR count). The molecule has 0 radical (unpaired) electrons. The lowest BCUT2D eigenvalue weighted by Crippen LogP contribution is -2.15. The molecule has 0 aliphatic rings. The number of ether oxygens (including phenoxy) is 5. The minimum atomic E-state index is -0.718. The highest BCUT2D eigenvalue weighted by molar-refractivity contribution is 6.08. The molecule has 0 heterocycles. The van der Waals surface area contributed by atoms with E-state index in [0.717, 1.165) is 0 Å². The molecular weight excluding hydrogens is 384 g/mol. The van der Waals surface area contributed by atoms with Crippen LogP contribution in [-0.2, 0) is 4.74 Å². The minimum Gasteiger partial charge on any atom is -0.493 e. The third-order valence-corrected chi connectivity index (χ3v) is 3.88. The van der Waals surface area contributed by atoms with Gasteiger partial charge in [0.25, 0.3) is 5.91 Å². The maximum absolute atomic E-state index is 12.8. The number of carbonyl (C=O) groups excluding carboxylic acids is 1. The number of amides is 1. The third-order valence-electron chi connectivity index (χ3n) is 3.88. The molecule has 0 saturated heterocycles. The van der Waals surface area contributed by atoms with Crippen LogP contribution in [0.15, 0.2) is 30.3 Å². The van der Waals surface area contributed by atoms with Gasteiger partial charge in [-0.25, -0.2) is 0 Å². The molecule has 0 aromatic heterocycles. The van der Waals surface area contributed by atoms with Crippen molar-refractivity contribution in [2.45, 2.75) is 0 Å². The summed E-state index contributed by atoms with van der Waals surface area (Å²) in [7, 11) is 5.47. The minimum absolute atomic E-state index is 0.0202. The van der Waals surface area contributed by atoms with Gasteiger partial charge in [0.05, 0.1) is 32.9 Å². The number of rotatable bonds is 10. The highest BCUT2D eigenvalue weighted by Gasteiger charge is 2.32. The van der Waals surface area contributed by atoms with Crippen LogP contribution >= 0.6 is 0 Å². The van der Waals surface area contributed by atoms with E-state index in [2.05, 4.69) is 5.32 Å². The first-order valence-electron chi connectivity index (χ1n) is 8.47. The fourth-order valence-corrected chi connectivity index (χ4v) is 2.60. The number of nitrogens with zero attached hydrogens (tertiary/aromatic N) is 1. The van der Waals surface area contributed by atoms with Crippen LogP contribution < -0.4 is 24.3 Å². The van der Waals surface area contributed by atoms with Gasteiger partial charge in [-0.1, -0.05) is 6.07 Å². The van der Waals surface area contributed by atoms with Gasteiger partial charge >= 0.3 is 5.69 Å². The van der Waals surface area contributed by atoms with Gasteiger partial charge in [-0.15, -0.1) is 0 Å². The summed E-state index contributed by atoms with van der Waals surface area (Å²) < 4.78 is 25.9. The first-order valence-corrected chi connectivity index (χ1v) is 8.47. The van der Waals surface area contributed by atoms with Gasteiger partial charge < -0.3 is 29.0 Å². The van der Waals surface area contributed by atoms with E-state index in [1.54, 1.807) is 31.4 Å². The van der Waals surface area contributed by atoms with Crippen molar-refractivity contribution < 1.29 is 33.4 Å². The fourth-order valence-electron chi connectivity index (χ4n) is 2.60. The summed E-state index contributed by atoms with van der Waals surface area (Å²) in [4.78, 5) is 23.8. The van der Waals surface area contributed by atoms with Gasteiger partial charge in [0.1, 0.15) is 17.9 Å². The molecule has 156 valence electrons. The van der Waals surface area contributed by atoms with Crippen molar-refractivity contribution in [2.24, 2.45) is 0 Å². The predicted molar refractivity (Wildman–Crippen MR) is 105 cm³/mol. The van der Waals surface area contributed by atoms with Crippen molar-refractivity contribution >= 4 is 17.3 Å². The van der Waals surface area contributed by atoms with E-state index in [1.165, 1.54) is 27.4 Å². The molecule has 2 aromatic rings. The Morgan fingerprint density at radius 2 is 1.76 bits per heavy atom. The number of nitro groups is 1. The summed E-state index contributed by atoms with van der Waals surface area (Å²) in [6.45, 7) is 0.750. The van der Waals surface area contributed by atoms with Crippen molar-refractivity contribution in [1.29, 1.82) is 0 Å². The summed E-state index contributed by atoms with van der Waals surface area (Å²) >= 11 is 0. The number of hydrogen-bond acceptors (Lipinski definition) is 8. The summed E-state index contributed by atoms with van der Waals surface area (Å²) in [6, 6.07) is 7.85. The van der Waals surface area contributed by atoms with Crippen molar-refractivity contribution in [3.8, 4) is 23.0 Å². The summed E-state index contributed by atoms with van der Waals surface area (Å²) in [5, 5.41) is 14.3. The zero-order valence-electron chi connectivity index (χ0n) is 16.5. The van der Waals surface area contributed by atoms with Gasteiger partial charge in [0.2, 0.25) is 11.5 Å². The molecule has 0 bridgehead atoms. The van der Waals surface area contributed by atoms with Gasteiger partial charge in [-0.05, 0) is 12.1 Å². The van der Waals surface area contributed by atoms with Crippen molar-refractivity contribution in [3.05, 3.63) is 46.0 Å². The van der Waals surface area contributed by atoms with Crippen LogP contribution in [0, 0.1) is 10.1 Å². The second-order valence-electron chi connectivity index (χ2n) is 5.62. The summed E-state index contributed by atoms with van der Waals surface area (Å²) in [5.74, 6) is -0.272. The van der Waals surface area contributed by atoms with Crippen LogP contribution in [0.25, 0.3) is 0 Å². The van der Waals surface area contributed by atoms with Gasteiger partial charge in [0.15, 0.2) is 5.75 Å². The van der Waals surface area contributed by atoms with Gasteiger partial charge in [-0.2, -0.15) is 0 Å². The second-order valence-corrected chi connectivity index (χ2v) is 5.62. The Labute approximate surface area is 167 Å². The van der Waals surface area contributed by atoms with Crippen molar-refractivity contribution in [1.82, 2.24) is 0 Å². The Bertz CT molecular complexity index is 885. The average molecular weight is 406 g/mol. The first kappa shape index (κ1) is 21.8. The molecule has 0 fully saturated rings. The molecule has 0 atom stereocenters. The molecule has 2 aromatic carbocycles. The zero-order valence-corrected chi connectivity index (χ0v) is 16.5. The second kappa shape index (κ2) is 10.1. The predicted octanol–water partition coefficient (Wildman–Crippen LogP) is 2.90. The normalized spacial score (nSPS) is 10.2. The Morgan fingerprint density at radius 3 is 2.34 bits per heavy atom. The Morgan fingerprint density at radius 1 is 1.03 bits per heavy atom. The molecule has 10 heteroatoms. The number of nitro benzene ring substituents is 1. The standard InChI is InChI=1S/C19H22N2O8/c1-25-8-9-29-13-7-5-6-12(10-13)20-19(22)14-11-15(26-2)17(27-3)18(28-4)16(14)21(23)24/h5-7,10-11H,8-9H2,1-4H3,(H,20,22). The third kappa shape index (κ3) is 5.05. The van der Waals surface area contributed by atoms with Gasteiger partial charge in [-0.3, -0.25) is 14.9 Å². The van der Waals surface area contributed by atoms with Crippen LogP contribution in [0.5, 0.6) is 23.0 Å². The number of methoxy groups -OCH3 is 4. The van der Waals surface area contributed by atoms with Crippen LogP contribution in [0.2, 0.25) is 0 Å². The molecule has 0 saturated carbocycles. The number of hydrogen-bond donors (Lipinski definition) is 1. The molecule has 0 unspecified atom stereocenters. The number of benzene rings is 2. The van der Waals surface area contributed by atoms with E-state index in [-0.39, 0.29) is 22.8 Å². The molecule has 0 aliphatic heterocycles. The molecule has 1 amide bonds. The molecule has 0 aliphatic carbocycles. The smallest absolute Gasteiger partial charge is 0.327 e. The Hall–Kier alpha value is -3.53. The number of anilines is 1. The largest absolute Gasteiger partial charge is 0.493 e. The monoisotopic (exact) mass is 406 g/mol. The van der Waals surface area contributed by atoms with Crippen molar-refractivity contribution in [3.63, 3.8) is 0 Å². The number of nitrogens with one attached hydrogen (secondary N) is 1. The highest BCUT2D eigenvalue weighted by Crippen LogP contribution is 2.46. The van der Waals surface area contributed by atoms with Crippen LogP contribution in [0.3, 0.4) is 0 Å². The molecule has 0 spiro atoms. The first-order chi connectivity index (χ1) is 14.0. The molecule has 10 nitrogen and oxygen atoms in total. The van der Waals surface area contributed by atoms with E-state index in [0.29, 0.717) is 24.7 Å². The SMILES string of the molecule is COCCOc1cccc(NC(=O)c2cc(OC)c(OC)c(OC)c2[N+](=O)[O-])c1. The number of carbonyl (C=O) groups is 1. The van der Waals surface area contributed by atoms with Crippen LogP contribution in [-0.4, -0.2) is 52.5 Å².